The summed E-state index contributed by atoms with van der Waals surface area (Å²) in [7, 11) is 1.67. The molecule has 1 rings (SSSR count). The SMILES string of the molecule is COCCN=C(NN)N1CCC(C)(C)C1. The molecule has 1 fully saturated rings. The van der Waals surface area contributed by atoms with E-state index >= 15 is 0 Å². The molecule has 1 heterocycles. The van der Waals surface area contributed by atoms with Crippen molar-refractivity contribution in [1.29, 1.82) is 0 Å². The van der Waals surface area contributed by atoms with Crippen molar-refractivity contribution in [1.82, 2.24) is 10.3 Å². The molecule has 1 aliphatic heterocycles. The first-order valence-corrected chi connectivity index (χ1v) is 5.34. The van der Waals surface area contributed by atoms with Gasteiger partial charge in [-0.1, -0.05) is 13.8 Å². The molecule has 15 heavy (non-hydrogen) atoms. The summed E-state index contributed by atoms with van der Waals surface area (Å²) < 4.78 is 4.95. The van der Waals surface area contributed by atoms with Crippen LogP contribution in [0.4, 0.5) is 0 Å². The molecule has 0 aromatic heterocycles. The summed E-state index contributed by atoms with van der Waals surface area (Å²) in [6.45, 7) is 7.81. The lowest BCUT2D eigenvalue weighted by Crippen LogP contribution is -2.44. The monoisotopic (exact) mass is 214 g/mol. The van der Waals surface area contributed by atoms with Crippen LogP contribution in [0.3, 0.4) is 0 Å². The Hall–Kier alpha value is -0.810. The fourth-order valence-corrected chi connectivity index (χ4v) is 1.77. The Kier molecular flexibility index (Phi) is 4.35. The number of nitrogens with zero attached hydrogens (tertiary/aromatic N) is 2. The molecule has 5 heteroatoms. The number of hydrogen-bond acceptors (Lipinski definition) is 3. The van der Waals surface area contributed by atoms with Gasteiger partial charge in [0.1, 0.15) is 0 Å². The largest absolute Gasteiger partial charge is 0.383 e. The summed E-state index contributed by atoms with van der Waals surface area (Å²) in [5.41, 5.74) is 3.02. The van der Waals surface area contributed by atoms with Gasteiger partial charge >= 0.3 is 0 Å². The van der Waals surface area contributed by atoms with E-state index < -0.39 is 0 Å². The summed E-state index contributed by atoms with van der Waals surface area (Å²) in [6.07, 6.45) is 1.18. The highest BCUT2D eigenvalue weighted by atomic mass is 16.5. The van der Waals surface area contributed by atoms with Gasteiger partial charge in [0.2, 0.25) is 5.96 Å². The van der Waals surface area contributed by atoms with Crippen LogP contribution in [0.5, 0.6) is 0 Å². The molecule has 3 N–H and O–H groups in total. The lowest BCUT2D eigenvalue weighted by Gasteiger charge is -2.22. The van der Waals surface area contributed by atoms with Crippen LogP contribution in [0.2, 0.25) is 0 Å². The number of guanidine groups is 1. The number of nitrogens with two attached hydrogens (primary N) is 1. The first kappa shape index (κ1) is 12.3. The Balaban J connectivity index is 2.49. The number of hydrogen-bond donors (Lipinski definition) is 2. The van der Waals surface area contributed by atoms with Gasteiger partial charge in [-0.25, -0.2) is 10.8 Å². The van der Waals surface area contributed by atoms with E-state index in [9.17, 15) is 0 Å². The van der Waals surface area contributed by atoms with Crippen LogP contribution < -0.4 is 11.3 Å². The van der Waals surface area contributed by atoms with Crippen LogP contribution in [0.25, 0.3) is 0 Å². The predicted octanol–water partition coefficient (Wildman–Crippen LogP) is 0.184. The molecule has 1 aliphatic rings. The molecule has 0 atom stereocenters. The van der Waals surface area contributed by atoms with Gasteiger partial charge in [-0.15, -0.1) is 0 Å². The molecule has 0 aromatic carbocycles. The van der Waals surface area contributed by atoms with Crippen LogP contribution >= 0.6 is 0 Å². The minimum atomic E-state index is 0.360. The number of methoxy groups -OCH3 is 1. The average Bonchev–Trinajstić information content (AvgIpc) is 2.54. The van der Waals surface area contributed by atoms with Gasteiger partial charge in [0.15, 0.2) is 0 Å². The molecule has 0 spiro atoms. The number of ether oxygens (including phenoxy) is 1. The predicted molar refractivity (Wildman–Crippen MR) is 61.5 cm³/mol. The van der Waals surface area contributed by atoms with Crippen molar-refractivity contribution in [3.05, 3.63) is 0 Å². The van der Waals surface area contributed by atoms with E-state index in [4.69, 9.17) is 10.6 Å². The first-order chi connectivity index (χ1) is 7.09. The van der Waals surface area contributed by atoms with Crippen LogP contribution in [0, 0.1) is 5.41 Å². The number of hydrazine groups is 1. The number of aliphatic imine (C=N–C) groups is 1. The summed E-state index contributed by atoms with van der Waals surface area (Å²) in [5, 5.41) is 0. The Bertz CT molecular complexity index is 227. The zero-order valence-corrected chi connectivity index (χ0v) is 9.92. The van der Waals surface area contributed by atoms with E-state index in [1.807, 2.05) is 0 Å². The van der Waals surface area contributed by atoms with E-state index in [-0.39, 0.29) is 0 Å². The maximum absolute atomic E-state index is 5.46. The minimum Gasteiger partial charge on any atom is -0.383 e. The van der Waals surface area contributed by atoms with Crippen LogP contribution in [0.1, 0.15) is 20.3 Å². The fourth-order valence-electron chi connectivity index (χ4n) is 1.77. The third-order valence-corrected chi connectivity index (χ3v) is 2.66. The van der Waals surface area contributed by atoms with E-state index in [0.717, 1.165) is 19.0 Å². The number of nitrogens with one attached hydrogen (secondary N) is 1. The summed E-state index contributed by atoms with van der Waals surface area (Å²) in [5.74, 6) is 6.24. The summed E-state index contributed by atoms with van der Waals surface area (Å²) >= 11 is 0. The van der Waals surface area contributed by atoms with Crippen LogP contribution in [-0.4, -0.2) is 44.2 Å². The summed E-state index contributed by atoms with van der Waals surface area (Å²) in [4.78, 5) is 6.55. The Morgan fingerprint density at radius 1 is 1.60 bits per heavy atom. The molecular formula is C10H22N4O. The van der Waals surface area contributed by atoms with Gasteiger partial charge in [-0.2, -0.15) is 0 Å². The van der Waals surface area contributed by atoms with Crippen molar-refractivity contribution < 1.29 is 4.74 Å². The second-order valence-corrected chi connectivity index (χ2v) is 4.68. The lowest BCUT2D eigenvalue weighted by atomic mass is 9.93. The topological polar surface area (TPSA) is 62.9 Å². The standard InChI is InChI=1S/C10H22N4O/c1-10(2)4-6-14(8-10)9(13-11)12-5-7-15-3/h4-8,11H2,1-3H3,(H,12,13). The second-order valence-electron chi connectivity index (χ2n) is 4.68. The molecule has 0 aromatic rings. The zero-order chi connectivity index (χ0) is 11.3. The molecule has 0 aliphatic carbocycles. The number of rotatable bonds is 3. The van der Waals surface area contributed by atoms with Gasteiger partial charge in [0, 0.05) is 20.2 Å². The highest BCUT2D eigenvalue weighted by molar-refractivity contribution is 5.79. The van der Waals surface area contributed by atoms with Gasteiger partial charge in [-0.05, 0) is 11.8 Å². The number of likely N-dealkylation sites (tertiary alicyclic amines) is 1. The third kappa shape index (κ3) is 3.68. The third-order valence-electron chi connectivity index (χ3n) is 2.66. The quantitative estimate of drug-likeness (QED) is 0.231. The Morgan fingerprint density at radius 3 is 2.80 bits per heavy atom. The van der Waals surface area contributed by atoms with Gasteiger partial charge in [0.25, 0.3) is 0 Å². The highest BCUT2D eigenvalue weighted by Gasteiger charge is 2.30. The molecule has 0 bridgehead atoms. The molecule has 0 amide bonds. The maximum atomic E-state index is 5.46. The lowest BCUT2D eigenvalue weighted by molar-refractivity contribution is 0.207. The highest BCUT2D eigenvalue weighted by Crippen LogP contribution is 2.28. The Labute approximate surface area is 91.6 Å². The van der Waals surface area contributed by atoms with Crippen molar-refractivity contribution in [3.63, 3.8) is 0 Å². The summed E-state index contributed by atoms with van der Waals surface area (Å²) in [6, 6.07) is 0. The van der Waals surface area contributed by atoms with Crippen molar-refractivity contribution >= 4 is 5.96 Å². The fraction of sp³-hybridized carbons (Fsp3) is 0.900. The zero-order valence-electron chi connectivity index (χ0n) is 9.92. The minimum absolute atomic E-state index is 0.360. The van der Waals surface area contributed by atoms with Gasteiger partial charge < -0.3 is 9.64 Å². The van der Waals surface area contributed by atoms with E-state index in [1.165, 1.54) is 6.42 Å². The second kappa shape index (κ2) is 5.32. The van der Waals surface area contributed by atoms with Crippen LogP contribution in [-0.2, 0) is 4.74 Å². The molecule has 0 radical (unpaired) electrons. The van der Waals surface area contributed by atoms with E-state index in [0.29, 0.717) is 18.6 Å². The van der Waals surface area contributed by atoms with E-state index in [1.54, 1.807) is 7.11 Å². The van der Waals surface area contributed by atoms with Crippen molar-refractivity contribution in [2.45, 2.75) is 20.3 Å². The molecule has 0 saturated carbocycles. The van der Waals surface area contributed by atoms with Gasteiger partial charge in [-0.3, -0.25) is 5.43 Å². The molecule has 0 unspecified atom stereocenters. The normalized spacial score (nSPS) is 20.8. The molecule has 1 saturated heterocycles. The van der Waals surface area contributed by atoms with Crippen molar-refractivity contribution in [2.75, 3.05) is 33.4 Å². The molecule has 5 nitrogen and oxygen atoms in total. The Morgan fingerprint density at radius 2 is 2.33 bits per heavy atom. The van der Waals surface area contributed by atoms with Crippen molar-refractivity contribution in [3.8, 4) is 0 Å². The van der Waals surface area contributed by atoms with Gasteiger partial charge in [0.05, 0.1) is 13.2 Å². The molecular weight excluding hydrogens is 192 g/mol. The van der Waals surface area contributed by atoms with Crippen molar-refractivity contribution in [2.24, 2.45) is 16.3 Å². The van der Waals surface area contributed by atoms with E-state index in [2.05, 4.69) is 29.2 Å². The smallest absolute Gasteiger partial charge is 0.208 e. The maximum Gasteiger partial charge on any atom is 0.208 e. The first-order valence-electron chi connectivity index (χ1n) is 5.34. The average molecular weight is 214 g/mol. The van der Waals surface area contributed by atoms with Crippen LogP contribution in [0.15, 0.2) is 4.99 Å². The molecule has 88 valence electrons.